The van der Waals surface area contributed by atoms with Crippen LogP contribution in [0.5, 0.6) is 0 Å². The largest absolute Gasteiger partial charge is 0.393 e. The minimum Gasteiger partial charge on any atom is -0.393 e. The molecule has 0 saturated carbocycles. The zero-order valence-electron chi connectivity index (χ0n) is 10.7. The summed E-state index contributed by atoms with van der Waals surface area (Å²) in [6.45, 7) is 5.70. The van der Waals surface area contributed by atoms with E-state index in [-0.39, 0.29) is 12.5 Å². The molecule has 0 aromatic heterocycles. The smallest absolute Gasteiger partial charge is 0.240 e. The Morgan fingerprint density at radius 3 is 2.56 bits per heavy atom. The fourth-order valence-corrected chi connectivity index (χ4v) is 2.95. The van der Waals surface area contributed by atoms with Crippen LogP contribution in [0.4, 0.5) is 0 Å². The molecule has 0 saturated heterocycles. The predicted octanol–water partition coefficient (Wildman–Crippen LogP) is 1.50. The van der Waals surface area contributed by atoms with E-state index in [4.69, 9.17) is 18.0 Å². The first-order valence-corrected chi connectivity index (χ1v) is 7.49. The normalized spacial score (nSPS) is 13.3. The van der Waals surface area contributed by atoms with Crippen molar-refractivity contribution in [1.82, 2.24) is 4.72 Å². The fourth-order valence-electron chi connectivity index (χ4n) is 1.51. The maximum Gasteiger partial charge on any atom is 0.240 e. The van der Waals surface area contributed by atoms with Gasteiger partial charge in [-0.15, -0.1) is 0 Å². The third-order valence-electron chi connectivity index (χ3n) is 2.69. The number of thiocarbonyl (C=S) groups is 1. The van der Waals surface area contributed by atoms with Crippen molar-refractivity contribution in [3.05, 3.63) is 29.3 Å². The van der Waals surface area contributed by atoms with Crippen LogP contribution in [0, 0.1) is 19.8 Å². The summed E-state index contributed by atoms with van der Waals surface area (Å²) in [6.07, 6.45) is 0. The van der Waals surface area contributed by atoms with Gasteiger partial charge in [0, 0.05) is 12.5 Å². The highest BCUT2D eigenvalue weighted by molar-refractivity contribution is 7.89. The quantitative estimate of drug-likeness (QED) is 0.805. The lowest BCUT2D eigenvalue weighted by Gasteiger charge is -2.13. The summed E-state index contributed by atoms with van der Waals surface area (Å²) in [5, 5.41) is 0. The molecule has 0 spiro atoms. The summed E-state index contributed by atoms with van der Waals surface area (Å²) in [7, 11) is -3.50. The molecule has 0 aliphatic carbocycles. The molecular weight excluding hydrogens is 268 g/mol. The average Bonchev–Trinajstić information content (AvgIpc) is 2.25. The van der Waals surface area contributed by atoms with Crippen molar-refractivity contribution in [3.8, 4) is 0 Å². The van der Waals surface area contributed by atoms with Gasteiger partial charge in [0.2, 0.25) is 10.0 Å². The van der Waals surface area contributed by atoms with E-state index in [9.17, 15) is 8.42 Å². The molecule has 0 bridgehead atoms. The number of aryl methyl sites for hydroxylation is 2. The van der Waals surface area contributed by atoms with Crippen molar-refractivity contribution < 1.29 is 8.42 Å². The Kier molecular flexibility index (Phi) is 4.84. The van der Waals surface area contributed by atoms with Crippen molar-refractivity contribution in [3.63, 3.8) is 0 Å². The van der Waals surface area contributed by atoms with Gasteiger partial charge in [0.25, 0.3) is 0 Å². The minimum atomic E-state index is -3.50. The van der Waals surface area contributed by atoms with E-state index in [1.807, 2.05) is 13.0 Å². The molecule has 4 nitrogen and oxygen atoms in total. The third kappa shape index (κ3) is 3.76. The number of nitrogens with two attached hydrogens (primary N) is 1. The molecule has 0 aliphatic heterocycles. The van der Waals surface area contributed by atoms with Gasteiger partial charge in [-0.3, -0.25) is 0 Å². The highest BCUT2D eigenvalue weighted by Gasteiger charge is 2.18. The second-order valence-electron chi connectivity index (χ2n) is 4.42. The van der Waals surface area contributed by atoms with Crippen molar-refractivity contribution in [2.24, 2.45) is 11.7 Å². The van der Waals surface area contributed by atoms with E-state index >= 15 is 0 Å². The number of hydrogen-bond donors (Lipinski definition) is 2. The molecule has 1 rings (SSSR count). The number of rotatable bonds is 5. The Balaban J connectivity index is 2.90. The molecule has 0 radical (unpaired) electrons. The zero-order chi connectivity index (χ0) is 13.9. The molecule has 0 amide bonds. The molecule has 3 N–H and O–H groups in total. The van der Waals surface area contributed by atoms with Crippen LogP contribution in [0.15, 0.2) is 23.1 Å². The van der Waals surface area contributed by atoms with E-state index in [0.29, 0.717) is 9.88 Å². The van der Waals surface area contributed by atoms with Crippen LogP contribution >= 0.6 is 12.2 Å². The Morgan fingerprint density at radius 1 is 1.44 bits per heavy atom. The van der Waals surface area contributed by atoms with Gasteiger partial charge < -0.3 is 5.73 Å². The van der Waals surface area contributed by atoms with Crippen LogP contribution in [0.3, 0.4) is 0 Å². The molecule has 18 heavy (non-hydrogen) atoms. The lowest BCUT2D eigenvalue weighted by molar-refractivity contribution is 0.574. The van der Waals surface area contributed by atoms with Crippen molar-refractivity contribution in [2.75, 3.05) is 6.54 Å². The topological polar surface area (TPSA) is 72.2 Å². The highest BCUT2D eigenvalue weighted by Crippen LogP contribution is 2.16. The van der Waals surface area contributed by atoms with Gasteiger partial charge in [-0.2, -0.15) is 0 Å². The van der Waals surface area contributed by atoms with Crippen LogP contribution in [-0.2, 0) is 10.0 Å². The van der Waals surface area contributed by atoms with Gasteiger partial charge in [0.05, 0.1) is 9.88 Å². The molecule has 1 unspecified atom stereocenters. The van der Waals surface area contributed by atoms with Gasteiger partial charge in [0.1, 0.15) is 0 Å². The number of hydrogen-bond acceptors (Lipinski definition) is 3. The lowest BCUT2D eigenvalue weighted by Crippen LogP contribution is -2.33. The molecule has 0 aliphatic rings. The Hall–Kier alpha value is -0.980. The van der Waals surface area contributed by atoms with Crippen molar-refractivity contribution >= 4 is 27.2 Å². The molecule has 1 atom stereocenters. The predicted molar refractivity (Wildman–Crippen MR) is 77.1 cm³/mol. The van der Waals surface area contributed by atoms with Gasteiger partial charge in [-0.1, -0.05) is 36.8 Å². The molecule has 1 aromatic carbocycles. The van der Waals surface area contributed by atoms with Crippen LogP contribution in [0.1, 0.15) is 18.1 Å². The average molecular weight is 286 g/mol. The Bertz CT molecular complexity index is 553. The summed E-state index contributed by atoms with van der Waals surface area (Å²) in [5.74, 6) is -0.166. The maximum absolute atomic E-state index is 12.1. The Morgan fingerprint density at radius 2 is 2.06 bits per heavy atom. The number of nitrogens with one attached hydrogen (secondary N) is 1. The monoisotopic (exact) mass is 286 g/mol. The van der Waals surface area contributed by atoms with E-state index in [0.717, 1.165) is 11.1 Å². The van der Waals surface area contributed by atoms with Gasteiger partial charge >= 0.3 is 0 Å². The zero-order valence-corrected chi connectivity index (χ0v) is 12.4. The van der Waals surface area contributed by atoms with Crippen molar-refractivity contribution in [2.45, 2.75) is 25.7 Å². The molecule has 1 aromatic rings. The second-order valence-corrected chi connectivity index (χ2v) is 6.63. The number of sulfonamides is 1. The van der Waals surface area contributed by atoms with Crippen LogP contribution in [0.2, 0.25) is 0 Å². The lowest BCUT2D eigenvalue weighted by atomic mass is 10.2. The summed E-state index contributed by atoms with van der Waals surface area (Å²) in [6, 6.07) is 5.22. The molecule has 0 heterocycles. The van der Waals surface area contributed by atoms with E-state index < -0.39 is 10.0 Å². The van der Waals surface area contributed by atoms with Crippen LogP contribution in [-0.4, -0.2) is 20.0 Å². The second kappa shape index (κ2) is 5.77. The maximum atomic E-state index is 12.1. The molecule has 100 valence electrons. The van der Waals surface area contributed by atoms with Crippen molar-refractivity contribution in [1.29, 1.82) is 0 Å². The summed E-state index contributed by atoms with van der Waals surface area (Å²) < 4.78 is 26.7. The first-order valence-electron chi connectivity index (χ1n) is 5.60. The van der Waals surface area contributed by atoms with Crippen LogP contribution in [0.25, 0.3) is 0 Å². The standard InChI is InChI=1S/C12H18N2O2S2/c1-8-4-5-11(9(2)6-8)18(15,16)14-7-10(3)12(13)17/h4-6,10,14H,7H2,1-3H3,(H2,13,17). The SMILES string of the molecule is Cc1ccc(S(=O)(=O)NCC(C)C(N)=S)c(C)c1. The minimum absolute atomic E-state index is 0.166. The van der Waals surface area contributed by atoms with Gasteiger partial charge in [0.15, 0.2) is 0 Å². The Labute approximate surface area is 114 Å². The van der Waals surface area contributed by atoms with E-state index in [1.54, 1.807) is 26.0 Å². The number of benzene rings is 1. The molecule has 6 heteroatoms. The van der Waals surface area contributed by atoms with E-state index in [1.165, 1.54) is 0 Å². The third-order valence-corrected chi connectivity index (χ3v) is 4.67. The van der Waals surface area contributed by atoms with Gasteiger partial charge in [-0.05, 0) is 25.5 Å². The fraction of sp³-hybridized carbons (Fsp3) is 0.417. The van der Waals surface area contributed by atoms with Gasteiger partial charge in [-0.25, -0.2) is 13.1 Å². The first kappa shape index (κ1) is 15.1. The molecule has 0 fully saturated rings. The summed E-state index contributed by atoms with van der Waals surface area (Å²) >= 11 is 4.81. The highest BCUT2D eigenvalue weighted by atomic mass is 32.2. The molecular formula is C12H18N2O2S2. The van der Waals surface area contributed by atoms with E-state index in [2.05, 4.69) is 4.72 Å². The first-order chi connectivity index (χ1) is 8.24. The summed E-state index contributed by atoms with van der Waals surface area (Å²) in [4.78, 5) is 0.599. The summed E-state index contributed by atoms with van der Waals surface area (Å²) in [5.41, 5.74) is 7.21. The van der Waals surface area contributed by atoms with Crippen LogP contribution < -0.4 is 10.5 Å².